The Balaban J connectivity index is 1.60. The third-order valence-electron chi connectivity index (χ3n) is 3.10. The Bertz CT molecular complexity index is 586. The fraction of sp³-hybridized carbons (Fsp3) is 0.375. The van der Waals surface area contributed by atoms with Crippen molar-refractivity contribution in [2.24, 2.45) is 0 Å². The van der Waals surface area contributed by atoms with Crippen LogP contribution in [0.5, 0.6) is 0 Å². The Kier molecular flexibility index (Phi) is 6.36. The van der Waals surface area contributed by atoms with Crippen LogP contribution < -0.4 is 10.6 Å². The summed E-state index contributed by atoms with van der Waals surface area (Å²) >= 11 is 1.60. The molecule has 22 heavy (non-hydrogen) atoms. The molecule has 0 saturated carbocycles. The minimum Gasteiger partial charge on any atom is -0.391 e. The van der Waals surface area contributed by atoms with E-state index in [0.29, 0.717) is 13.0 Å². The number of aromatic nitrogens is 1. The largest absolute Gasteiger partial charge is 0.391 e. The first-order valence-electron chi connectivity index (χ1n) is 7.28. The highest BCUT2D eigenvalue weighted by molar-refractivity contribution is 7.09. The smallest absolute Gasteiger partial charge is 0.314 e. The van der Waals surface area contributed by atoms with Crippen LogP contribution in [0.25, 0.3) is 0 Å². The fourth-order valence-corrected chi connectivity index (χ4v) is 2.81. The maximum atomic E-state index is 11.6. The Labute approximate surface area is 134 Å². The van der Waals surface area contributed by atoms with Crippen molar-refractivity contribution in [1.29, 1.82) is 0 Å². The molecule has 0 fully saturated rings. The fourth-order valence-electron chi connectivity index (χ4n) is 2.03. The molecule has 1 heterocycles. The van der Waals surface area contributed by atoms with E-state index in [4.69, 9.17) is 0 Å². The van der Waals surface area contributed by atoms with Gasteiger partial charge in [-0.3, -0.25) is 0 Å². The molecule has 0 radical (unpaired) electrons. The summed E-state index contributed by atoms with van der Waals surface area (Å²) in [7, 11) is 0. The van der Waals surface area contributed by atoms with E-state index in [9.17, 15) is 9.90 Å². The lowest BCUT2D eigenvalue weighted by molar-refractivity contribution is 0.170. The standard InChI is InChI=1S/C16H21N3O2S/c1-12-11-22-15(19-12)7-8-17-16(21)18-10-14(20)9-13-5-3-2-4-6-13/h2-6,11,14,20H,7-10H2,1H3,(H2,17,18,21)/t14-/m0/s1. The molecule has 0 bridgehead atoms. The highest BCUT2D eigenvalue weighted by Gasteiger charge is 2.08. The van der Waals surface area contributed by atoms with Crippen LogP contribution in [0.4, 0.5) is 4.79 Å². The van der Waals surface area contributed by atoms with Crippen molar-refractivity contribution in [3.8, 4) is 0 Å². The van der Waals surface area contributed by atoms with Crippen LogP contribution in [0.15, 0.2) is 35.7 Å². The van der Waals surface area contributed by atoms with E-state index in [2.05, 4.69) is 15.6 Å². The van der Waals surface area contributed by atoms with Gasteiger partial charge in [0.05, 0.1) is 11.1 Å². The monoisotopic (exact) mass is 319 g/mol. The normalized spacial score (nSPS) is 11.9. The van der Waals surface area contributed by atoms with Crippen LogP contribution >= 0.6 is 11.3 Å². The lowest BCUT2D eigenvalue weighted by Crippen LogP contribution is -2.41. The third kappa shape index (κ3) is 5.83. The first-order chi connectivity index (χ1) is 10.6. The van der Waals surface area contributed by atoms with Gasteiger partial charge in [-0.05, 0) is 12.5 Å². The number of nitrogens with zero attached hydrogens (tertiary/aromatic N) is 1. The molecule has 1 atom stereocenters. The molecule has 5 nitrogen and oxygen atoms in total. The van der Waals surface area contributed by atoms with Crippen molar-refractivity contribution >= 4 is 17.4 Å². The number of carbonyl (C=O) groups is 1. The molecule has 0 unspecified atom stereocenters. The lowest BCUT2D eigenvalue weighted by atomic mass is 10.1. The van der Waals surface area contributed by atoms with Crippen molar-refractivity contribution in [1.82, 2.24) is 15.6 Å². The van der Waals surface area contributed by atoms with E-state index in [1.165, 1.54) is 0 Å². The van der Waals surface area contributed by atoms with Gasteiger partial charge < -0.3 is 15.7 Å². The molecule has 2 rings (SSSR count). The van der Waals surface area contributed by atoms with Gasteiger partial charge in [0.15, 0.2) is 0 Å². The van der Waals surface area contributed by atoms with Gasteiger partial charge in [-0.25, -0.2) is 9.78 Å². The summed E-state index contributed by atoms with van der Waals surface area (Å²) in [6.45, 7) is 2.72. The number of carbonyl (C=O) groups excluding carboxylic acids is 1. The van der Waals surface area contributed by atoms with Gasteiger partial charge in [0, 0.05) is 37.0 Å². The molecular weight excluding hydrogens is 298 g/mol. The molecule has 1 aromatic heterocycles. The van der Waals surface area contributed by atoms with Crippen LogP contribution in [-0.4, -0.2) is 35.3 Å². The van der Waals surface area contributed by atoms with E-state index in [1.807, 2.05) is 42.6 Å². The van der Waals surface area contributed by atoms with Gasteiger partial charge in [0.2, 0.25) is 0 Å². The average molecular weight is 319 g/mol. The van der Waals surface area contributed by atoms with Crippen molar-refractivity contribution < 1.29 is 9.90 Å². The number of thiazole rings is 1. The highest BCUT2D eigenvalue weighted by Crippen LogP contribution is 2.08. The Morgan fingerprint density at radius 2 is 2.09 bits per heavy atom. The molecule has 6 heteroatoms. The van der Waals surface area contributed by atoms with Gasteiger partial charge in [-0.2, -0.15) is 0 Å². The van der Waals surface area contributed by atoms with E-state index < -0.39 is 6.10 Å². The highest BCUT2D eigenvalue weighted by atomic mass is 32.1. The second-order valence-electron chi connectivity index (χ2n) is 5.11. The molecule has 2 amide bonds. The van der Waals surface area contributed by atoms with Gasteiger partial charge >= 0.3 is 6.03 Å². The van der Waals surface area contributed by atoms with Crippen LogP contribution in [0.3, 0.4) is 0 Å². The predicted octanol–water partition coefficient (Wildman–Crippen LogP) is 1.90. The molecule has 3 N–H and O–H groups in total. The summed E-state index contributed by atoms with van der Waals surface area (Å²) in [5, 5.41) is 18.4. The minimum absolute atomic E-state index is 0.233. The maximum Gasteiger partial charge on any atom is 0.314 e. The first-order valence-corrected chi connectivity index (χ1v) is 8.16. The number of nitrogens with one attached hydrogen (secondary N) is 2. The van der Waals surface area contributed by atoms with E-state index in [1.54, 1.807) is 11.3 Å². The molecule has 0 aliphatic heterocycles. The number of amides is 2. The molecular formula is C16H21N3O2S. The summed E-state index contributed by atoms with van der Waals surface area (Å²) < 4.78 is 0. The van der Waals surface area contributed by atoms with Crippen LogP contribution in [0, 0.1) is 6.92 Å². The second kappa shape index (κ2) is 8.51. The number of aliphatic hydroxyl groups excluding tert-OH is 1. The first kappa shape index (κ1) is 16.5. The second-order valence-corrected chi connectivity index (χ2v) is 6.06. The summed E-state index contributed by atoms with van der Waals surface area (Å²) in [4.78, 5) is 16.0. The van der Waals surface area contributed by atoms with E-state index >= 15 is 0 Å². The Hall–Kier alpha value is -1.92. The third-order valence-corrected chi connectivity index (χ3v) is 4.13. The number of rotatable bonds is 7. The predicted molar refractivity (Wildman–Crippen MR) is 88.1 cm³/mol. The molecule has 0 spiro atoms. The Morgan fingerprint density at radius 1 is 1.32 bits per heavy atom. The molecule has 2 aromatic rings. The zero-order valence-corrected chi connectivity index (χ0v) is 13.4. The minimum atomic E-state index is -0.588. The molecule has 0 aliphatic rings. The quantitative estimate of drug-likeness (QED) is 0.730. The topological polar surface area (TPSA) is 74.2 Å². The van der Waals surface area contributed by atoms with E-state index in [0.717, 1.165) is 22.7 Å². The number of urea groups is 1. The summed E-state index contributed by atoms with van der Waals surface area (Å²) in [6.07, 6.45) is 0.660. The van der Waals surface area contributed by atoms with Gasteiger partial charge in [0.1, 0.15) is 0 Å². The van der Waals surface area contributed by atoms with Crippen LogP contribution in [-0.2, 0) is 12.8 Å². The number of hydrogen-bond donors (Lipinski definition) is 3. The number of hydrogen-bond acceptors (Lipinski definition) is 4. The zero-order valence-electron chi connectivity index (χ0n) is 12.6. The van der Waals surface area contributed by atoms with Crippen LogP contribution in [0.1, 0.15) is 16.3 Å². The summed E-state index contributed by atoms with van der Waals surface area (Å²) in [5.41, 5.74) is 2.06. The number of benzene rings is 1. The van der Waals surface area contributed by atoms with Crippen molar-refractivity contribution in [3.63, 3.8) is 0 Å². The maximum absolute atomic E-state index is 11.6. The SMILES string of the molecule is Cc1csc(CCNC(=O)NC[C@@H](O)Cc2ccccc2)n1. The van der Waals surface area contributed by atoms with Crippen molar-refractivity contribution in [3.05, 3.63) is 52.0 Å². The average Bonchev–Trinajstić information content (AvgIpc) is 2.92. The summed E-state index contributed by atoms with van der Waals surface area (Å²) in [5.74, 6) is 0. The van der Waals surface area contributed by atoms with Gasteiger partial charge in [0.25, 0.3) is 0 Å². The number of aliphatic hydroxyl groups is 1. The Morgan fingerprint density at radius 3 is 2.77 bits per heavy atom. The molecule has 1 aromatic carbocycles. The van der Waals surface area contributed by atoms with Crippen LogP contribution in [0.2, 0.25) is 0 Å². The van der Waals surface area contributed by atoms with Crippen molar-refractivity contribution in [2.45, 2.75) is 25.9 Å². The van der Waals surface area contributed by atoms with Gasteiger partial charge in [-0.1, -0.05) is 30.3 Å². The van der Waals surface area contributed by atoms with Crippen molar-refractivity contribution in [2.75, 3.05) is 13.1 Å². The molecule has 118 valence electrons. The van der Waals surface area contributed by atoms with E-state index in [-0.39, 0.29) is 12.6 Å². The molecule has 0 aliphatic carbocycles. The lowest BCUT2D eigenvalue weighted by Gasteiger charge is -2.12. The molecule has 0 saturated heterocycles. The zero-order chi connectivity index (χ0) is 15.8. The number of aryl methyl sites for hydroxylation is 1. The van der Waals surface area contributed by atoms with Gasteiger partial charge in [-0.15, -0.1) is 11.3 Å². The summed E-state index contributed by atoms with van der Waals surface area (Å²) in [6, 6.07) is 9.45.